The van der Waals surface area contributed by atoms with Crippen LogP contribution in [0.2, 0.25) is 5.02 Å². The van der Waals surface area contributed by atoms with Crippen LogP contribution in [0.25, 0.3) is 16.6 Å². The first-order valence-electron chi connectivity index (χ1n) is 12.0. The topological polar surface area (TPSA) is 99.2 Å². The zero-order valence-electron chi connectivity index (χ0n) is 21.7. The fourth-order valence-electron chi connectivity index (χ4n) is 4.17. The molecule has 3 heterocycles. The van der Waals surface area contributed by atoms with Crippen molar-refractivity contribution in [1.29, 1.82) is 0 Å². The molecular weight excluding hydrogens is 488 g/mol. The fourth-order valence-corrected chi connectivity index (χ4v) is 4.40. The van der Waals surface area contributed by atoms with Crippen molar-refractivity contribution >= 4 is 28.2 Å². The third-order valence-electron chi connectivity index (χ3n) is 5.86. The van der Waals surface area contributed by atoms with Crippen molar-refractivity contribution in [2.24, 2.45) is 11.8 Å². The van der Waals surface area contributed by atoms with Crippen LogP contribution >= 0.6 is 11.6 Å². The highest BCUT2D eigenvalue weighted by molar-refractivity contribution is 6.31. The van der Waals surface area contributed by atoms with Crippen LogP contribution in [0.1, 0.15) is 41.9 Å². The van der Waals surface area contributed by atoms with Gasteiger partial charge in [0.1, 0.15) is 17.9 Å². The molecule has 4 aromatic rings. The number of hydrazine groups is 1. The molecule has 1 aromatic carbocycles. The number of para-hydroxylation sites is 1. The highest BCUT2D eigenvalue weighted by Crippen LogP contribution is 2.33. The summed E-state index contributed by atoms with van der Waals surface area (Å²) in [6.45, 7) is 8.43. The minimum absolute atomic E-state index is 0.173. The molecule has 0 saturated carbocycles. The maximum atomic E-state index is 12.3. The van der Waals surface area contributed by atoms with Gasteiger partial charge in [0.2, 0.25) is 0 Å². The van der Waals surface area contributed by atoms with Crippen molar-refractivity contribution in [1.82, 2.24) is 24.8 Å². The van der Waals surface area contributed by atoms with Crippen LogP contribution in [-0.2, 0) is 13.2 Å². The molecule has 0 aliphatic heterocycles. The molecule has 4 rings (SSSR count). The van der Waals surface area contributed by atoms with Crippen molar-refractivity contribution in [3.8, 4) is 5.75 Å². The van der Waals surface area contributed by atoms with Crippen molar-refractivity contribution in [2.45, 2.75) is 40.8 Å². The summed E-state index contributed by atoms with van der Waals surface area (Å²) in [5.74, 6) is 7.14. The Morgan fingerprint density at radius 2 is 1.97 bits per heavy atom. The number of rotatable bonds is 8. The van der Waals surface area contributed by atoms with E-state index in [1.807, 2.05) is 45.2 Å². The molecule has 9 heteroatoms. The van der Waals surface area contributed by atoms with Crippen LogP contribution in [0.15, 0.2) is 59.7 Å². The number of aryl methyl sites for hydroxylation is 2. The monoisotopic (exact) mass is 518 g/mol. The zero-order chi connectivity index (χ0) is 26.7. The minimum Gasteiger partial charge on any atom is -0.487 e. The van der Waals surface area contributed by atoms with Crippen LogP contribution in [0.3, 0.4) is 0 Å². The Labute approximate surface area is 221 Å². The van der Waals surface area contributed by atoms with Gasteiger partial charge >= 0.3 is 0 Å². The molecule has 0 saturated heterocycles. The second-order valence-corrected chi connectivity index (χ2v) is 9.80. The summed E-state index contributed by atoms with van der Waals surface area (Å²) >= 11 is 6.53. The number of benzene rings is 1. The van der Waals surface area contributed by atoms with Crippen molar-refractivity contribution < 1.29 is 4.74 Å². The highest BCUT2D eigenvalue weighted by Gasteiger charge is 2.16. The predicted octanol–water partition coefficient (Wildman–Crippen LogP) is 4.89. The van der Waals surface area contributed by atoms with Crippen molar-refractivity contribution in [2.75, 3.05) is 7.05 Å². The van der Waals surface area contributed by atoms with Gasteiger partial charge in [0.25, 0.3) is 5.56 Å². The number of hydrogen-bond donors (Lipinski definition) is 1. The SMILES string of the molecule is Cc1cc(/C(=C/C(C)C)N(C)N)c2cccc(OCc3c(Cl)cncc3Cn3nc(C)ccc3=O)c2n1. The number of allylic oxidation sites excluding steroid dienone is 1. The number of nitrogens with two attached hydrogens (primary N) is 1. The van der Waals surface area contributed by atoms with Gasteiger partial charge < -0.3 is 9.75 Å². The molecular formula is C28H31ClN6O2. The highest BCUT2D eigenvalue weighted by atomic mass is 35.5. The van der Waals surface area contributed by atoms with Gasteiger partial charge in [-0.15, -0.1) is 0 Å². The van der Waals surface area contributed by atoms with Gasteiger partial charge in [-0.2, -0.15) is 5.10 Å². The maximum absolute atomic E-state index is 12.3. The Kier molecular flexibility index (Phi) is 7.90. The van der Waals surface area contributed by atoms with E-state index in [1.165, 1.54) is 10.7 Å². The van der Waals surface area contributed by atoms with Crippen LogP contribution in [0.4, 0.5) is 0 Å². The van der Waals surface area contributed by atoms with Gasteiger partial charge in [-0.25, -0.2) is 15.5 Å². The molecule has 0 spiro atoms. The molecule has 2 N–H and O–H groups in total. The van der Waals surface area contributed by atoms with Crippen LogP contribution in [0.5, 0.6) is 5.75 Å². The van der Waals surface area contributed by atoms with Gasteiger partial charge in [-0.1, -0.05) is 43.7 Å². The molecule has 0 atom stereocenters. The molecule has 0 aliphatic rings. The lowest BCUT2D eigenvalue weighted by Gasteiger charge is -2.21. The number of nitrogens with zero attached hydrogens (tertiary/aromatic N) is 5. The lowest BCUT2D eigenvalue weighted by atomic mass is 10.0. The van der Waals surface area contributed by atoms with Crippen molar-refractivity contribution in [3.63, 3.8) is 0 Å². The summed E-state index contributed by atoms with van der Waals surface area (Å²) in [5.41, 5.74) is 5.52. The van der Waals surface area contributed by atoms with Crippen LogP contribution in [0, 0.1) is 19.8 Å². The molecule has 0 unspecified atom stereocenters. The van der Waals surface area contributed by atoms with E-state index in [4.69, 9.17) is 27.2 Å². The Morgan fingerprint density at radius 1 is 1.19 bits per heavy atom. The maximum Gasteiger partial charge on any atom is 0.267 e. The molecule has 192 valence electrons. The standard InChI is InChI=1S/C28H31ClN6O2/c1-17(2)11-25(34(5)30)22-12-19(4)32-28-21(22)7-6-8-26(28)37-16-23-20(13-31-14-24(23)29)15-35-27(36)10-9-18(3)33-35/h6-14,17H,15-16,30H2,1-5H3/b25-11-. The third kappa shape index (κ3) is 5.98. The van der Waals surface area contributed by atoms with E-state index in [0.717, 1.165) is 44.7 Å². The quantitative estimate of drug-likeness (QED) is 0.262. The number of hydrogen-bond acceptors (Lipinski definition) is 7. The average Bonchev–Trinajstić information content (AvgIpc) is 2.84. The summed E-state index contributed by atoms with van der Waals surface area (Å²) in [6, 6.07) is 11.1. The van der Waals surface area contributed by atoms with E-state index in [9.17, 15) is 4.79 Å². The van der Waals surface area contributed by atoms with E-state index >= 15 is 0 Å². The summed E-state index contributed by atoms with van der Waals surface area (Å²) < 4.78 is 7.70. The van der Waals surface area contributed by atoms with E-state index in [-0.39, 0.29) is 18.7 Å². The fraction of sp³-hybridized carbons (Fsp3) is 0.286. The molecule has 0 aliphatic carbocycles. The van der Waals surface area contributed by atoms with Gasteiger partial charge in [-0.3, -0.25) is 9.78 Å². The van der Waals surface area contributed by atoms with Crippen molar-refractivity contribution in [3.05, 3.63) is 98.3 Å². The lowest BCUT2D eigenvalue weighted by Crippen LogP contribution is -2.25. The molecule has 0 amide bonds. The lowest BCUT2D eigenvalue weighted by molar-refractivity contribution is 0.307. The summed E-state index contributed by atoms with van der Waals surface area (Å²) in [4.78, 5) is 21.3. The van der Waals surface area contributed by atoms with Crippen LogP contribution in [-0.4, -0.2) is 31.8 Å². The Hall–Kier alpha value is -3.75. The summed E-state index contributed by atoms with van der Waals surface area (Å²) in [7, 11) is 1.83. The first-order chi connectivity index (χ1) is 17.6. The predicted molar refractivity (Wildman–Crippen MR) is 147 cm³/mol. The van der Waals surface area contributed by atoms with E-state index in [2.05, 4.69) is 30.0 Å². The Morgan fingerprint density at radius 3 is 2.70 bits per heavy atom. The smallest absolute Gasteiger partial charge is 0.267 e. The second kappa shape index (κ2) is 11.1. The largest absolute Gasteiger partial charge is 0.487 e. The first kappa shape index (κ1) is 26.3. The van der Waals surface area contributed by atoms with Gasteiger partial charge in [0, 0.05) is 53.3 Å². The second-order valence-electron chi connectivity index (χ2n) is 9.39. The number of fused-ring (bicyclic) bond motifs is 1. The summed E-state index contributed by atoms with van der Waals surface area (Å²) in [5, 5.41) is 7.35. The number of halogens is 1. The van der Waals surface area contributed by atoms with E-state index < -0.39 is 0 Å². The number of ether oxygens (including phenoxy) is 1. The van der Waals surface area contributed by atoms with E-state index in [0.29, 0.717) is 16.7 Å². The average molecular weight is 519 g/mol. The zero-order valence-corrected chi connectivity index (χ0v) is 22.5. The van der Waals surface area contributed by atoms with Gasteiger partial charge in [0.15, 0.2) is 0 Å². The molecule has 0 fully saturated rings. The minimum atomic E-state index is -0.200. The van der Waals surface area contributed by atoms with Gasteiger partial charge in [0.05, 0.1) is 23.0 Å². The summed E-state index contributed by atoms with van der Waals surface area (Å²) in [6.07, 6.45) is 5.39. The molecule has 0 radical (unpaired) electrons. The Balaban J connectivity index is 1.72. The Bertz CT molecular complexity index is 1530. The first-order valence-corrected chi connectivity index (χ1v) is 12.4. The normalized spacial score (nSPS) is 11.8. The molecule has 0 bridgehead atoms. The number of pyridine rings is 2. The molecule has 37 heavy (non-hydrogen) atoms. The molecule has 3 aromatic heterocycles. The van der Waals surface area contributed by atoms with Crippen LogP contribution < -0.4 is 16.1 Å². The third-order valence-corrected chi connectivity index (χ3v) is 6.19. The van der Waals surface area contributed by atoms with Gasteiger partial charge in [-0.05, 0) is 38.0 Å². The van der Waals surface area contributed by atoms with E-state index in [1.54, 1.807) is 23.5 Å². The number of aromatic nitrogens is 4. The molecule has 8 nitrogen and oxygen atoms in total.